The molecule has 3 heteroatoms. The number of rotatable bonds is 0. The molecular formula is C10H5BrClN. The van der Waals surface area contributed by atoms with Crippen LogP contribution in [0.1, 0.15) is 11.1 Å². The van der Waals surface area contributed by atoms with Crippen molar-refractivity contribution in [3.05, 3.63) is 34.3 Å². The van der Waals surface area contributed by atoms with Crippen molar-refractivity contribution < 1.29 is 0 Å². The quantitative estimate of drug-likeness (QED) is 0.516. The molecule has 64 valence electrons. The highest BCUT2D eigenvalue weighted by Crippen LogP contribution is 2.13. The molecule has 1 aromatic rings. The summed E-state index contributed by atoms with van der Waals surface area (Å²) in [6, 6.07) is 7.08. The van der Waals surface area contributed by atoms with E-state index in [1.165, 1.54) is 0 Å². The van der Waals surface area contributed by atoms with Gasteiger partial charge in [-0.2, -0.15) is 5.26 Å². The lowest BCUT2D eigenvalue weighted by atomic mass is 10.1. The number of benzene rings is 1. The van der Waals surface area contributed by atoms with Gasteiger partial charge in [0.05, 0.1) is 17.0 Å². The average molecular weight is 255 g/mol. The summed E-state index contributed by atoms with van der Waals surface area (Å²) < 4.78 is 0. The summed E-state index contributed by atoms with van der Waals surface area (Å²) in [6.07, 6.45) is 0. The molecular weight excluding hydrogens is 249 g/mol. The largest absolute Gasteiger partial charge is 0.192 e. The minimum Gasteiger partial charge on any atom is -0.192 e. The fraction of sp³-hybridized carbons (Fsp3) is 0.100. The first-order valence-corrected chi connectivity index (χ1v) is 5.01. The topological polar surface area (TPSA) is 23.8 Å². The molecule has 0 spiro atoms. The second-order valence-corrected chi connectivity index (χ2v) is 3.27. The number of hydrogen-bond donors (Lipinski definition) is 0. The predicted molar refractivity (Wildman–Crippen MR) is 56.8 cm³/mol. The van der Waals surface area contributed by atoms with E-state index in [9.17, 15) is 0 Å². The summed E-state index contributed by atoms with van der Waals surface area (Å²) in [7, 11) is 0. The van der Waals surface area contributed by atoms with E-state index in [2.05, 4.69) is 27.8 Å². The molecule has 1 nitrogen and oxygen atoms in total. The van der Waals surface area contributed by atoms with Crippen LogP contribution < -0.4 is 0 Å². The molecule has 0 unspecified atom stereocenters. The van der Waals surface area contributed by atoms with Crippen LogP contribution in [0.5, 0.6) is 0 Å². The number of nitriles is 1. The number of alkyl halides is 1. The van der Waals surface area contributed by atoms with Crippen molar-refractivity contribution in [2.24, 2.45) is 0 Å². The Kier molecular flexibility index (Phi) is 3.83. The van der Waals surface area contributed by atoms with Crippen molar-refractivity contribution >= 4 is 27.5 Å². The van der Waals surface area contributed by atoms with Crippen LogP contribution in [0.3, 0.4) is 0 Å². The summed E-state index contributed by atoms with van der Waals surface area (Å²) in [4.78, 5) is 0. The normalized spacial score (nSPS) is 8.38. The van der Waals surface area contributed by atoms with Crippen LogP contribution in [0, 0.1) is 23.2 Å². The van der Waals surface area contributed by atoms with Crippen molar-refractivity contribution in [3.63, 3.8) is 0 Å². The van der Waals surface area contributed by atoms with E-state index >= 15 is 0 Å². The van der Waals surface area contributed by atoms with E-state index in [1.807, 2.05) is 6.07 Å². The summed E-state index contributed by atoms with van der Waals surface area (Å²) >= 11 is 8.97. The van der Waals surface area contributed by atoms with Crippen LogP contribution >= 0.6 is 27.5 Å². The summed E-state index contributed by atoms with van der Waals surface area (Å²) in [6.45, 7) is 0. The fourth-order valence-electron chi connectivity index (χ4n) is 0.862. The third-order valence-corrected chi connectivity index (χ3v) is 1.83. The first-order valence-electron chi connectivity index (χ1n) is 3.52. The molecule has 0 amide bonds. The third kappa shape index (κ3) is 3.11. The maximum atomic E-state index is 8.65. The van der Waals surface area contributed by atoms with Crippen LogP contribution in [0.4, 0.5) is 0 Å². The van der Waals surface area contributed by atoms with Gasteiger partial charge in [0.15, 0.2) is 0 Å². The Balaban J connectivity index is 3.10. The standard InChI is InChI=1S/C10H5BrClN/c11-3-1-2-8-4-9(7-13)6-10(12)5-8/h4-6H,3H2. The molecule has 0 heterocycles. The molecule has 1 rings (SSSR count). The van der Waals surface area contributed by atoms with Gasteiger partial charge >= 0.3 is 0 Å². The Bertz CT molecular complexity index is 409. The van der Waals surface area contributed by atoms with Crippen LogP contribution in [-0.2, 0) is 0 Å². The number of halogens is 2. The maximum Gasteiger partial charge on any atom is 0.0992 e. The van der Waals surface area contributed by atoms with Gasteiger partial charge in [-0.25, -0.2) is 0 Å². The van der Waals surface area contributed by atoms with Gasteiger partial charge in [-0.15, -0.1) is 0 Å². The van der Waals surface area contributed by atoms with E-state index in [-0.39, 0.29) is 0 Å². The van der Waals surface area contributed by atoms with Gasteiger partial charge in [-0.3, -0.25) is 0 Å². The smallest absolute Gasteiger partial charge is 0.0992 e. The molecule has 1 aromatic carbocycles. The second-order valence-electron chi connectivity index (χ2n) is 2.28. The molecule has 0 aromatic heterocycles. The highest BCUT2D eigenvalue weighted by Gasteiger charge is 1.95. The lowest BCUT2D eigenvalue weighted by Crippen LogP contribution is -1.79. The zero-order valence-electron chi connectivity index (χ0n) is 6.64. The van der Waals surface area contributed by atoms with Gasteiger partial charge in [0, 0.05) is 10.6 Å². The van der Waals surface area contributed by atoms with Crippen molar-refractivity contribution in [3.8, 4) is 17.9 Å². The van der Waals surface area contributed by atoms with Crippen LogP contribution in [0.25, 0.3) is 0 Å². The molecule has 13 heavy (non-hydrogen) atoms. The number of nitrogens with zero attached hydrogens (tertiary/aromatic N) is 1. The molecule has 0 aliphatic rings. The minimum absolute atomic E-state index is 0.534. The highest BCUT2D eigenvalue weighted by molar-refractivity contribution is 9.09. The summed E-state index contributed by atoms with van der Waals surface area (Å²) in [5, 5.41) is 9.80. The fourth-order valence-corrected chi connectivity index (χ4v) is 1.24. The third-order valence-electron chi connectivity index (χ3n) is 1.33. The van der Waals surface area contributed by atoms with Crippen molar-refractivity contribution in [1.29, 1.82) is 5.26 Å². The molecule has 0 atom stereocenters. The van der Waals surface area contributed by atoms with E-state index in [1.54, 1.807) is 18.2 Å². The molecule has 0 bridgehead atoms. The van der Waals surface area contributed by atoms with Crippen LogP contribution in [-0.4, -0.2) is 5.33 Å². The lowest BCUT2D eigenvalue weighted by molar-refractivity contribution is 1.48. The maximum absolute atomic E-state index is 8.65. The zero-order valence-corrected chi connectivity index (χ0v) is 8.98. The Morgan fingerprint density at radius 1 is 1.31 bits per heavy atom. The molecule has 0 saturated heterocycles. The predicted octanol–water partition coefficient (Wildman–Crippen LogP) is 2.96. The lowest BCUT2D eigenvalue weighted by Gasteiger charge is -1.93. The molecule has 0 aliphatic heterocycles. The SMILES string of the molecule is N#Cc1cc(Cl)cc(C#CCBr)c1. The molecule has 0 fully saturated rings. The molecule has 0 aliphatic carbocycles. The Morgan fingerprint density at radius 2 is 2.00 bits per heavy atom. The first-order chi connectivity index (χ1) is 6.26. The average Bonchev–Trinajstić information content (AvgIpc) is 2.14. The van der Waals surface area contributed by atoms with Gasteiger partial charge in [0.1, 0.15) is 0 Å². The minimum atomic E-state index is 0.534. The van der Waals surface area contributed by atoms with Crippen LogP contribution in [0.2, 0.25) is 5.02 Å². The van der Waals surface area contributed by atoms with Gasteiger partial charge in [-0.1, -0.05) is 39.4 Å². The first kappa shape index (κ1) is 10.1. The van der Waals surface area contributed by atoms with Crippen molar-refractivity contribution in [2.75, 3.05) is 5.33 Å². The van der Waals surface area contributed by atoms with Gasteiger partial charge < -0.3 is 0 Å². The monoisotopic (exact) mass is 253 g/mol. The second kappa shape index (κ2) is 4.92. The van der Waals surface area contributed by atoms with Crippen molar-refractivity contribution in [1.82, 2.24) is 0 Å². The molecule has 0 radical (unpaired) electrons. The Labute approximate surface area is 90.5 Å². The Hall–Kier alpha value is -0.960. The van der Waals surface area contributed by atoms with Gasteiger partial charge in [0.25, 0.3) is 0 Å². The van der Waals surface area contributed by atoms with Gasteiger partial charge in [0.2, 0.25) is 0 Å². The van der Waals surface area contributed by atoms with E-state index in [0.29, 0.717) is 15.9 Å². The summed E-state index contributed by atoms with van der Waals surface area (Å²) in [5.74, 6) is 5.72. The zero-order chi connectivity index (χ0) is 9.68. The van der Waals surface area contributed by atoms with E-state index in [4.69, 9.17) is 16.9 Å². The van der Waals surface area contributed by atoms with E-state index in [0.717, 1.165) is 5.56 Å². The number of hydrogen-bond acceptors (Lipinski definition) is 1. The molecule has 0 saturated carbocycles. The van der Waals surface area contributed by atoms with E-state index < -0.39 is 0 Å². The molecule has 0 N–H and O–H groups in total. The van der Waals surface area contributed by atoms with Crippen molar-refractivity contribution in [2.45, 2.75) is 0 Å². The van der Waals surface area contributed by atoms with Crippen LogP contribution in [0.15, 0.2) is 18.2 Å². The van der Waals surface area contributed by atoms with Gasteiger partial charge in [-0.05, 0) is 18.2 Å². The highest BCUT2D eigenvalue weighted by atomic mass is 79.9. The Morgan fingerprint density at radius 3 is 2.62 bits per heavy atom. The summed E-state index contributed by atoms with van der Waals surface area (Å²) in [5.41, 5.74) is 1.30.